The predicted octanol–water partition coefficient (Wildman–Crippen LogP) is 4.43. The fourth-order valence-corrected chi connectivity index (χ4v) is 5.64. The molecule has 5 aromatic rings. The first kappa shape index (κ1) is 30.1. The Morgan fingerprint density at radius 3 is 1.87 bits per heavy atom. The Bertz CT molecular complexity index is 1700. The molecule has 0 aliphatic carbocycles. The Hall–Kier alpha value is -4.93. The zero-order valence-electron chi connectivity index (χ0n) is 24.6. The molecule has 2 heterocycles. The number of ether oxygens (including phenoxy) is 2. The average Bonchev–Trinajstić information content (AvgIpc) is 3.35. The van der Waals surface area contributed by atoms with Crippen LogP contribution >= 0.6 is 0 Å². The summed E-state index contributed by atoms with van der Waals surface area (Å²) in [6.07, 6.45) is -3.64. The lowest BCUT2D eigenvalue weighted by molar-refractivity contribution is -0.0958. The quantitative estimate of drug-likeness (QED) is 0.213. The van der Waals surface area contributed by atoms with Gasteiger partial charge in [0.05, 0.1) is 6.61 Å². The van der Waals surface area contributed by atoms with Gasteiger partial charge in [-0.1, -0.05) is 109 Å². The number of nitrogens with one attached hydrogen (secondary N) is 1. The standard InChI is InChI=1S/C36H33N3O6/c1-24-17-19-25(20-18-24)33(42)37-30-21-22-39(35(43)38-30)34-32(41)31(40)29(45-34)23-44-36(26-11-5-2-6-12-26,27-13-7-3-8-14-27)28-15-9-4-10-16-28/h2-22,29,31-32,34,40-41H,23H2,1H3,(H,37,38,42,43)/t29-,31+,32-,34-/m0/s1. The maximum Gasteiger partial charge on any atom is 0.351 e. The van der Waals surface area contributed by atoms with Gasteiger partial charge in [0.1, 0.15) is 29.7 Å². The molecular weight excluding hydrogens is 570 g/mol. The third-order valence-corrected chi connectivity index (χ3v) is 8.00. The second kappa shape index (κ2) is 13.0. The van der Waals surface area contributed by atoms with Gasteiger partial charge in [0, 0.05) is 11.8 Å². The van der Waals surface area contributed by atoms with Crippen LogP contribution in [-0.2, 0) is 15.1 Å². The summed E-state index contributed by atoms with van der Waals surface area (Å²) in [7, 11) is 0. The molecule has 0 saturated carbocycles. The van der Waals surface area contributed by atoms with Gasteiger partial charge in [-0.05, 0) is 41.8 Å². The Morgan fingerprint density at radius 1 is 0.822 bits per heavy atom. The monoisotopic (exact) mass is 603 g/mol. The molecule has 1 saturated heterocycles. The molecule has 1 fully saturated rings. The molecule has 0 unspecified atom stereocenters. The van der Waals surface area contributed by atoms with Gasteiger partial charge in [0.15, 0.2) is 6.23 Å². The number of carbonyl (C=O) groups is 1. The van der Waals surface area contributed by atoms with E-state index in [9.17, 15) is 19.8 Å². The van der Waals surface area contributed by atoms with Crippen molar-refractivity contribution in [3.63, 3.8) is 0 Å². The van der Waals surface area contributed by atoms with Gasteiger partial charge >= 0.3 is 5.69 Å². The molecule has 1 aliphatic heterocycles. The van der Waals surface area contributed by atoms with Crippen LogP contribution in [0.3, 0.4) is 0 Å². The SMILES string of the molecule is Cc1ccc(C(=O)Nc2ccn([C@H]3O[C@@H](COC(c4ccccc4)(c4ccccc4)c4ccccc4)[C@@H](O)[C@@H]3O)c(=O)n2)cc1. The van der Waals surface area contributed by atoms with Crippen molar-refractivity contribution < 1.29 is 24.5 Å². The third-order valence-electron chi connectivity index (χ3n) is 8.00. The number of benzene rings is 4. The van der Waals surface area contributed by atoms with E-state index in [4.69, 9.17) is 9.47 Å². The zero-order valence-corrected chi connectivity index (χ0v) is 24.6. The molecule has 4 atom stereocenters. The van der Waals surface area contributed by atoms with Crippen molar-refractivity contribution in [2.45, 2.75) is 37.1 Å². The molecular formula is C36H33N3O6. The molecule has 1 aliphatic rings. The van der Waals surface area contributed by atoms with Gasteiger partial charge in [0.25, 0.3) is 5.91 Å². The Labute approximate surface area is 260 Å². The number of carbonyl (C=O) groups excluding carboxylic acids is 1. The molecule has 3 N–H and O–H groups in total. The first-order valence-corrected chi connectivity index (χ1v) is 14.7. The fraction of sp³-hybridized carbons (Fsp3) is 0.194. The van der Waals surface area contributed by atoms with Crippen LogP contribution in [0.4, 0.5) is 5.82 Å². The lowest BCUT2D eigenvalue weighted by atomic mass is 9.80. The largest absolute Gasteiger partial charge is 0.387 e. The van der Waals surface area contributed by atoms with Crippen molar-refractivity contribution in [3.05, 3.63) is 166 Å². The molecule has 9 nitrogen and oxygen atoms in total. The van der Waals surface area contributed by atoms with E-state index in [2.05, 4.69) is 10.3 Å². The molecule has 6 rings (SSSR count). The first-order chi connectivity index (χ1) is 21.9. The summed E-state index contributed by atoms with van der Waals surface area (Å²) >= 11 is 0. The summed E-state index contributed by atoms with van der Waals surface area (Å²) in [4.78, 5) is 29.6. The molecule has 1 amide bonds. The van der Waals surface area contributed by atoms with Gasteiger partial charge < -0.3 is 25.0 Å². The van der Waals surface area contributed by atoms with E-state index in [0.717, 1.165) is 26.8 Å². The molecule has 228 valence electrons. The number of hydrogen-bond acceptors (Lipinski definition) is 7. The molecule has 0 spiro atoms. The minimum atomic E-state index is -1.44. The van der Waals surface area contributed by atoms with Crippen molar-refractivity contribution in [1.82, 2.24) is 9.55 Å². The molecule has 0 radical (unpaired) electrons. The van der Waals surface area contributed by atoms with E-state index in [0.29, 0.717) is 5.56 Å². The van der Waals surface area contributed by atoms with Crippen molar-refractivity contribution in [2.24, 2.45) is 0 Å². The summed E-state index contributed by atoms with van der Waals surface area (Å²) in [6, 6.07) is 37.7. The maximum absolute atomic E-state index is 13.0. The van der Waals surface area contributed by atoms with E-state index >= 15 is 0 Å². The second-order valence-electron chi connectivity index (χ2n) is 11.0. The molecule has 1 aromatic heterocycles. The minimum absolute atomic E-state index is 0.0492. The van der Waals surface area contributed by atoms with Gasteiger partial charge in [-0.2, -0.15) is 4.98 Å². The van der Waals surface area contributed by atoms with E-state index in [1.54, 1.807) is 12.1 Å². The van der Waals surface area contributed by atoms with E-state index in [-0.39, 0.29) is 12.4 Å². The van der Waals surface area contributed by atoms with Crippen LogP contribution in [-0.4, -0.2) is 50.6 Å². The lowest BCUT2D eigenvalue weighted by Crippen LogP contribution is -2.39. The number of aliphatic hydroxyl groups is 2. The van der Waals surface area contributed by atoms with Crippen LogP contribution in [0.5, 0.6) is 0 Å². The van der Waals surface area contributed by atoms with E-state index < -0.39 is 41.7 Å². The predicted molar refractivity (Wildman–Crippen MR) is 169 cm³/mol. The number of hydrogen-bond donors (Lipinski definition) is 3. The summed E-state index contributed by atoms with van der Waals surface area (Å²) in [5, 5.41) is 24.7. The van der Waals surface area contributed by atoms with E-state index in [1.807, 2.05) is 110 Å². The number of aryl methyl sites for hydroxylation is 1. The summed E-state index contributed by atoms with van der Waals surface area (Å²) in [5.41, 5.74) is 2.22. The van der Waals surface area contributed by atoms with E-state index in [1.165, 1.54) is 12.3 Å². The van der Waals surface area contributed by atoms with Crippen LogP contribution in [0.1, 0.15) is 38.8 Å². The van der Waals surface area contributed by atoms with Crippen LogP contribution in [0.15, 0.2) is 132 Å². The van der Waals surface area contributed by atoms with Gasteiger partial charge in [0.2, 0.25) is 0 Å². The number of anilines is 1. The maximum atomic E-state index is 13.0. The van der Waals surface area contributed by atoms with Crippen molar-refractivity contribution in [2.75, 3.05) is 11.9 Å². The molecule has 45 heavy (non-hydrogen) atoms. The van der Waals surface area contributed by atoms with Crippen molar-refractivity contribution >= 4 is 11.7 Å². The smallest absolute Gasteiger partial charge is 0.351 e. The topological polar surface area (TPSA) is 123 Å². The minimum Gasteiger partial charge on any atom is -0.387 e. The number of rotatable bonds is 9. The van der Waals surface area contributed by atoms with Crippen LogP contribution in [0.2, 0.25) is 0 Å². The number of aliphatic hydroxyl groups excluding tert-OH is 2. The number of amides is 1. The Morgan fingerprint density at radius 2 is 1.36 bits per heavy atom. The fourth-order valence-electron chi connectivity index (χ4n) is 5.64. The highest BCUT2D eigenvalue weighted by Gasteiger charge is 2.46. The van der Waals surface area contributed by atoms with Crippen molar-refractivity contribution in [3.8, 4) is 0 Å². The Balaban J connectivity index is 1.25. The van der Waals surface area contributed by atoms with Crippen LogP contribution in [0.25, 0.3) is 0 Å². The number of nitrogens with zero attached hydrogens (tertiary/aromatic N) is 2. The number of aromatic nitrogens is 2. The third kappa shape index (κ3) is 6.07. The highest BCUT2D eigenvalue weighted by molar-refractivity contribution is 6.03. The summed E-state index contributed by atoms with van der Waals surface area (Å²) < 4.78 is 13.9. The van der Waals surface area contributed by atoms with Crippen LogP contribution in [0, 0.1) is 6.92 Å². The second-order valence-corrected chi connectivity index (χ2v) is 11.0. The lowest BCUT2D eigenvalue weighted by Gasteiger charge is -2.37. The molecule has 9 heteroatoms. The highest BCUT2D eigenvalue weighted by Crippen LogP contribution is 2.41. The Kier molecular flexibility index (Phi) is 8.68. The molecule has 0 bridgehead atoms. The average molecular weight is 604 g/mol. The first-order valence-electron chi connectivity index (χ1n) is 14.7. The normalized spacial score (nSPS) is 19.7. The van der Waals surface area contributed by atoms with Gasteiger partial charge in [-0.25, -0.2) is 4.79 Å². The van der Waals surface area contributed by atoms with Crippen molar-refractivity contribution in [1.29, 1.82) is 0 Å². The van der Waals surface area contributed by atoms with Gasteiger partial charge in [-0.3, -0.25) is 9.36 Å². The summed E-state index contributed by atoms with van der Waals surface area (Å²) in [6.45, 7) is 1.81. The zero-order chi connectivity index (χ0) is 31.4. The highest BCUT2D eigenvalue weighted by atomic mass is 16.6. The molecule has 4 aromatic carbocycles. The van der Waals surface area contributed by atoms with Crippen LogP contribution < -0.4 is 11.0 Å². The summed E-state index contributed by atoms with van der Waals surface area (Å²) in [5.74, 6) is -0.365. The van der Waals surface area contributed by atoms with Gasteiger partial charge in [-0.15, -0.1) is 0 Å².